The van der Waals surface area contributed by atoms with Gasteiger partial charge in [0.1, 0.15) is 5.75 Å². The Morgan fingerprint density at radius 1 is 0.818 bits per heavy atom. The van der Waals surface area contributed by atoms with E-state index in [0.29, 0.717) is 49.5 Å². The van der Waals surface area contributed by atoms with Crippen LogP contribution in [0.3, 0.4) is 0 Å². The molecule has 0 atom stereocenters. The van der Waals surface area contributed by atoms with Crippen LogP contribution in [0.2, 0.25) is 0 Å². The molecule has 172 valence electrons. The zero-order valence-electron chi connectivity index (χ0n) is 18.7. The zero-order valence-corrected chi connectivity index (χ0v) is 18.7. The number of benzene rings is 2. The summed E-state index contributed by atoms with van der Waals surface area (Å²) >= 11 is 0. The number of hydrogen-bond donors (Lipinski definition) is 0. The van der Waals surface area contributed by atoms with Crippen LogP contribution in [0.25, 0.3) is 0 Å². The molecule has 2 aliphatic heterocycles. The largest absolute Gasteiger partial charge is 0.484 e. The molecule has 0 saturated carbocycles. The molecule has 4 rings (SSSR count). The number of hydrogen-bond acceptors (Lipinski definition) is 5. The van der Waals surface area contributed by atoms with Gasteiger partial charge < -0.3 is 14.5 Å². The van der Waals surface area contributed by atoms with E-state index in [2.05, 4.69) is 0 Å². The number of piperazine rings is 1. The van der Waals surface area contributed by atoms with Gasteiger partial charge in [-0.15, -0.1) is 0 Å². The minimum atomic E-state index is -0.303. The third-order valence-electron chi connectivity index (χ3n) is 6.02. The van der Waals surface area contributed by atoms with Crippen molar-refractivity contribution in [3.63, 3.8) is 0 Å². The van der Waals surface area contributed by atoms with Gasteiger partial charge in [0, 0.05) is 39.1 Å². The van der Waals surface area contributed by atoms with Gasteiger partial charge in [-0.3, -0.25) is 24.1 Å². The minimum absolute atomic E-state index is 0.0305. The molecule has 0 spiro atoms. The molecule has 8 nitrogen and oxygen atoms in total. The molecule has 2 aliphatic rings. The molecule has 0 N–H and O–H groups in total. The summed E-state index contributed by atoms with van der Waals surface area (Å²) in [6.07, 6.45) is 0.658. The second-order valence-electron chi connectivity index (χ2n) is 8.27. The Morgan fingerprint density at radius 3 is 1.94 bits per heavy atom. The van der Waals surface area contributed by atoms with Crippen molar-refractivity contribution in [2.45, 2.75) is 19.8 Å². The molecule has 1 fully saturated rings. The number of fused-ring (bicyclic) bond motifs is 1. The van der Waals surface area contributed by atoms with E-state index in [4.69, 9.17) is 4.74 Å². The van der Waals surface area contributed by atoms with Crippen LogP contribution in [0, 0.1) is 6.92 Å². The first-order valence-electron chi connectivity index (χ1n) is 11.1. The van der Waals surface area contributed by atoms with Crippen LogP contribution in [-0.4, -0.2) is 77.7 Å². The number of ether oxygens (including phenoxy) is 1. The number of carbonyl (C=O) groups is 4. The normalized spacial score (nSPS) is 15.6. The zero-order chi connectivity index (χ0) is 23.4. The molecule has 8 heteroatoms. The van der Waals surface area contributed by atoms with Crippen LogP contribution < -0.4 is 4.74 Å². The first kappa shape index (κ1) is 22.5. The van der Waals surface area contributed by atoms with Gasteiger partial charge in [0.25, 0.3) is 17.7 Å². The topological polar surface area (TPSA) is 87.2 Å². The van der Waals surface area contributed by atoms with Gasteiger partial charge in [-0.05, 0) is 37.6 Å². The Kier molecular flexibility index (Phi) is 6.72. The molecule has 4 amide bonds. The average molecular weight is 450 g/mol. The van der Waals surface area contributed by atoms with Crippen LogP contribution in [0.5, 0.6) is 5.75 Å². The van der Waals surface area contributed by atoms with Gasteiger partial charge in [0.2, 0.25) is 5.91 Å². The van der Waals surface area contributed by atoms with Crippen molar-refractivity contribution < 1.29 is 23.9 Å². The highest BCUT2D eigenvalue weighted by molar-refractivity contribution is 6.21. The van der Waals surface area contributed by atoms with Crippen molar-refractivity contribution in [1.29, 1.82) is 0 Å². The number of nitrogens with zero attached hydrogens (tertiary/aromatic N) is 3. The first-order chi connectivity index (χ1) is 15.9. The minimum Gasteiger partial charge on any atom is -0.484 e. The average Bonchev–Trinajstić information content (AvgIpc) is 3.08. The van der Waals surface area contributed by atoms with Crippen molar-refractivity contribution in [2.75, 3.05) is 39.3 Å². The van der Waals surface area contributed by atoms with E-state index in [0.717, 1.165) is 5.56 Å². The summed E-state index contributed by atoms with van der Waals surface area (Å²) in [6, 6.07) is 14.3. The summed E-state index contributed by atoms with van der Waals surface area (Å²) in [4.78, 5) is 54.5. The summed E-state index contributed by atoms with van der Waals surface area (Å²) in [5.74, 6) is -0.0881. The van der Waals surface area contributed by atoms with Gasteiger partial charge >= 0.3 is 0 Å². The summed E-state index contributed by atoms with van der Waals surface area (Å²) in [5.41, 5.74) is 1.96. The lowest BCUT2D eigenvalue weighted by atomic mass is 10.1. The molecule has 0 aliphatic carbocycles. The van der Waals surface area contributed by atoms with E-state index in [9.17, 15) is 19.2 Å². The lowest BCUT2D eigenvalue weighted by Crippen LogP contribution is -2.51. The summed E-state index contributed by atoms with van der Waals surface area (Å²) in [5, 5.41) is 0. The molecule has 33 heavy (non-hydrogen) atoms. The highest BCUT2D eigenvalue weighted by Crippen LogP contribution is 2.22. The Balaban J connectivity index is 1.17. The fraction of sp³-hybridized carbons (Fsp3) is 0.360. The summed E-state index contributed by atoms with van der Waals surface area (Å²) < 4.78 is 5.56. The lowest BCUT2D eigenvalue weighted by Gasteiger charge is -2.34. The predicted molar refractivity (Wildman–Crippen MR) is 121 cm³/mol. The summed E-state index contributed by atoms with van der Waals surface area (Å²) in [7, 11) is 0. The SMILES string of the molecule is Cc1ccc(OCC(=O)N2CCN(C(=O)CCCN3C(=O)c4ccccc4C3=O)CC2)cc1. The smallest absolute Gasteiger partial charge is 0.261 e. The first-order valence-corrected chi connectivity index (χ1v) is 11.1. The Morgan fingerprint density at radius 2 is 1.36 bits per heavy atom. The molecule has 0 bridgehead atoms. The monoisotopic (exact) mass is 449 g/mol. The maximum Gasteiger partial charge on any atom is 0.261 e. The van der Waals surface area contributed by atoms with E-state index in [-0.39, 0.29) is 43.2 Å². The van der Waals surface area contributed by atoms with Crippen LogP contribution in [0.1, 0.15) is 39.1 Å². The van der Waals surface area contributed by atoms with E-state index in [1.807, 2.05) is 31.2 Å². The van der Waals surface area contributed by atoms with Gasteiger partial charge in [-0.2, -0.15) is 0 Å². The molecular formula is C25H27N3O5. The summed E-state index contributed by atoms with van der Waals surface area (Å²) in [6.45, 7) is 4.01. The van der Waals surface area contributed by atoms with Gasteiger partial charge in [-0.1, -0.05) is 29.8 Å². The Hall–Kier alpha value is -3.68. The third kappa shape index (κ3) is 5.05. The van der Waals surface area contributed by atoms with E-state index < -0.39 is 0 Å². The number of carbonyl (C=O) groups excluding carboxylic acids is 4. The van der Waals surface area contributed by atoms with Crippen LogP contribution in [0.4, 0.5) is 0 Å². The van der Waals surface area contributed by atoms with E-state index >= 15 is 0 Å². The molecule has 0 radical (unpaired) electrons. The molecule has 0 aromatic heterocycles. The molecule has 2 aromatic carbocycles. The van der Waals surface area contributed by atoms with Crippen molar-refractivity contribution in [3.8, 4) is 5.75 Å². The molecule has 1 saturated heterocycles. The number of amides is 4. The molecule has 2 heterocycles. The van der Waals surface area contributed by atoms with Crippen molar-refractivity contribution in [3.05, 3.63) is 65.2 Å². The highest BCUT2D eigenvalue weighted by Gasteiger charge is 2.34. The standard InChI is InChI=1S/C25H27N3O5/c1-18-8-10-19(11-9-18)33-17-23(30)27-15-13-26(14-16-27)22(29)7-4-12-28-24(31)20-5-2-3-6-21(20)25(28)32/h2-3,5-6,8-11H,4,7,12-17H2,1H3. The maximum atomic E-state index is 12.6. The third-order valence-corrected chi connectivity index (χ3v) is 6.02. The van der Waals surface area contributed by atoms with Gasteiger partial charge in [0.05, 0.1) is 11.1 Å². The highest BCUT2D eigenvalue weighted by atomic mass is 16.5. The van der Waals surface area contributed by atoms with Crippen molar-refractivity contribution >= 4 is 23.6 Å². The van der Waals surface area contributed by atoms with Crippen molar-refractivity contribution in [2.24, 2.45) is 0 Å². The fourth-order valence-corrected chi connectivity index (χ4v) is 4.06. The number of rotatable bonds is 7. The molecular weight excluding hydrogens is 422 g/mol. The fourth-order valence-electron chi connectivity index (χ4n) is 4.06. The number of imide groups is 1. The second kappa shape index (κ2) is 9.85. The molecule has 2 aromatic rings. The lowest BCUT2D eigenvalue weighted by molar-refractivity contribution is -0.140. The Bertz CT molecular complexity index is 1020. The number of aryl methyl sites for hydroxylation is 1. The second-order valence-corrected chi connectivity index (χ2v) is 8.27. The van der Waals surface area contributed by atoms with Crippen LogP contribution in [0.15, 0.2) is 48.5 Å². The Labute approximate surface area is 192 Å². The predicted octanol–water partition coefficient (Wildman–Crippen LogP) is 2.12. The van der Waals surface area contributed by atoms with E-state index in [1.165, 1.54) is 4.90 Å². The van der Waals surface area contributed by atoms with Gasteiger partial charge in [-0.25, -0.2) is 0 Å². The van der Waals surface area contributed by atoms with E-state index in [1.54, 1.807) is 34.1 Å². The quantitative estimate of drug-likeness (QED) is 0.605. The van der Waals surface area contributed by atoms with Gasteiger partial charge in [0.15, 0.2) is 6.61 Å². The van der Waals surface area contributed by atoms with Crippen LogP contribution >= 0.6 is 0 Å². The molecule has 0 unspecified atom stereocenters. The van der Waals surface area contributed by atoms with Crippen molar-refractivity contribution in [1.82, 2.24) is 14.7 Å². The maximum absolute atomic E-state index is 12.6. The van der Waals surface area contributed by atoms with Crippen LogP contribution in [-0.2, 0) is 9.59 Å².